The smallest absolute Gasteiger partial charge is 0.407 e. The quantitative estimate of drug-likeness (QED) is 0.658. The first-order valence-corrected chi connectivity index (χ1v) is 7.45. The van der Waals surface area contributed by atoms with Gasteiger partial charge in [0.05, 0.1) is 6.54 Å². The highest BCUT2D eigenvalue weighted by atomic mass is 16.5. The number of carbonyl (C=O) groups excluding carboxylic acids is 2. The van der Waals surface area contributed by atoms with Gasteiger partial charge in [0, 0.05) is 5.92 Å². The lowest BCUT2D eigenvalue weighted by atomic mass is 9.98. The van der Waals surface area contributed by atoms with Crippen molar-refractivity contribution < 1.29 is 19.1 Å². The van der Waals surface area contributed by atoms with Crippen molar-refractivity contribution in [1.29, 1.82) is 0 Å². The minimum Gasteiger partial charge on any atom is -0.466 e. The van der Waals surface area contributed by atoms with Gasteiger partial charge in [0.25, 0.3) is 6.47 Å². The van der Waals surface area contributed by atoms with Crippen LogP contribution in [0.3, 0.4) is 0 Å². The average molecular weight is 311 g/mol. The molecule has 0 radical (unpaired) electrons. The molecule has 23 heavy (non-hydrogen) atoms. The molecule has 0 fully saturated rings. The molecule has 1 amide bonds. The zero-order valence-electron chi connectivity index (χ0n) is 12.5. The third kappa shape index (κ3) is 3.18. The second-order valence-corrected chi connectivity index (χ2v) is 5.22. The summed E-state index contributed by atoms with van der Waals surface area (Å²) in [5.74, 6) is 0.0411. The monoisotopic (exact) mass is 311 g/mol. The van der Waals surface area contributed by atoms with Crippen molar-refractivity contribution in [3.05, 3.63) is 59.7 Å². The average Bonchev–Trinajstić information content (AvgIpc) is 2.91. The molecule has 0 heterocycles. The Balaban J connectivity index is 1.66. The molecule has 0 saturated carbocycles. The van der Waals surface area contributed by atoms with E-state index < -0.39 is 6.09 Å². The predicted molar refractivity (Wildman–Crippen MR) is 85.1 cm³/mol. The molecule has 0 bridgehead atoms. The number of carbonyl (C=O) groups is 2. The van der Waals surface area contributed by atoms with E-state index in [-0.39, 0.29) is 25.7 Å². The fourth-order valence-corrected chi connectivity index (χ4v) is 2.91. The first-order chi connectivity index (χ1) is 11.3. The SMILES string of the molecule is O=COCCNC(=O)OCC1c2ccccc2-c2ccccc21. The van der Waals surface area contributed by atoms with Crippen LogP contribution in [0.2, 0.25) is 0 Å². The van der Waals surface area contributed by atoms with E-state index in [1.54, 1.807) is 0 Å². The Morgan fingerprint density at radius 1 is 1.04 bits per heavy atom. The fraction of sp³-hybridized carbons (Fsp3) is 0.222. The molecule has 5 heteroatoms. The van der Waals surface area contributed by atoms with Gasteiger partial charge in [-0.25, -0.2) is 4.79 Å². The van der Waals surface area contributed by atoms with E-state index in [1.807, 2.05) is 24.3 Å². The Hall–Kier alpha value is -2.82. The lowest BCUT2D eigenvalue weighted by Crippen LogP contribution is -2.29. The summed E-state index contributed by atoms with van der Waals surface area (Å²) in [6, 6.07) is 16.3. The molecular formula is C18H17NO4. The molecule has 0 aliphatic heterocycles. The second kappa shape index (κ2) is 6.96. The molecule has 0 saturated heterocycles. The molecule has 0 atom stereocenters. The van der Waals surface area contributed by atoms with Crippen LogP contribution in [0.5, 0.6) is 0 Å². The van der Waals surface area contributed by atoms with Crippen LogP contribution >= 0.6 is 0 Å². The van der Waals surface area contributed by atoms with Crippen LogP contribution in [0.15, 0.2) is 48.5 Å². The molecule has 3 rings (SSSR count). The first kappa shape index (κ1) is 15.1. The van der Waals surface area contributed by atoms with Crippen molar-refractivity contribution in [3.8, 4) is 11.1 Å². The Bertz CT molecular complexity index is 668. The van der Waals surface area contributed by atoms with Crippen molar-refractivity contribution in [2.24, 2.45) is 0 Å². The Labute approximate surface area is 134 Å². The van der Waals surface area contributed by atoms with Gasteiger partial charge in [0.2, 0.25) is 0 Å². The zero-order valence-corrected chi connectivity index (χ0v) is 12.5. The number of nitrogens with one attached hydrogen (secondary N) is 1. The molecule has 0 aromatic heterocycles. The zero-order chi connectivity index (χ0) is 16.1. The summed E-state index contributed by atoms with van der Waals surface area (Å²) in [4.78, 5) is 21.7. The van der Waals surface area contributed by atoms with Crippen LogP contribution in [0.4, 0.5) is 4.79 Å². The van der Waals surface area contributed by atoms with Crippen LogP contribution in [0.1, 0.15) is 17.0 Å². The lowest BCUT2D eigenvalue weighted by molar-refractivity contribution is -0.128. The molecule has 2 aromatic rings. The molecule has 0 unspecified atom stereocenters. The van der Waals surface area contributed by atoms with Crippen molar-refractivity contribution in [1.82, 2.24) is 5.32 Å². The maximum Gasteiger partial charge on any atom is 0.407 e. The van der Waals surface area contributed by atoms with E-state index in [2.05, 4.69) is 34.3 Å². The number of rotatable bonds is 6. The van der Waals surface area contributed by atoms with Gasteiger partial charge >= 0.3 is 6.09 Å². The number of hydrogen-bond acceptors (Lipinski definition) is 4. The molecule has 0 spiro atoms. The van der Waals surface area contributed by atoms with Gasteiger partial charge in [-0.15, -0.1) is 0 Å². The molecule has 1 N–H and O–H groups in total. The van der Waals surface area contributed by atoms with Gasteiger partial charge in [-0.2, -0.15) is 0 Å². The maximum atomic E-state index is 11.7. The highest BCUT2D eigenvalue weighted by Crippen LogP contribution is 2.44. The summed E-state index contributed by atoms with van der Waals surface area (Å²) in [6.45, 7) is 0.983. The molecule has 1 aliphatic rings. The summed E-state index contributed by atoms with van der Waals surface area (Å²) in [7, 11) is 0. The highest BCUT2D eigenvalue weighted by Gasteiger charge is 2.28. The number of ether oxygens (including phenoxy) is 2. The van der Waals surface area contributed by atoms with Gasteiger partial charge < -0.3 is 14.8 Å². The van der Waals surface area contributed by atoms with E-state index in [9.17, 15) is 9.59 Å². The molecular weight excluding hydrogens is 294 g/mol. The molecule has 2 aromatic carbocycles. The third-order valence-electron chi connectivity index (χ3n) is 3.90. The largest absolute Gasteiger partial charge is 0.466 e. The normalized spacial score (nSPS) is 12.2. The minimum absolute atomic E-state index is 0.0411. The van der Waals surface area contributed by atoms with Crippen molar-refractivity contribution in [2.45, 2.75) is 5.92 Å². The molecule has 1 aliphatic carbocycles. The van der Waals surface area contributed by atoms with Crippen LogP contribution in [-0.2, 0) is 14.3 Å². The van der Waals surface area contributed by atoms with Gasteiger partial charge in [-0.3, -0.25) is 4.79 Å². The number of hydrogen-bond donors (Lipinski definition) is 1. The first-order valence-electron chi connectivity index (χ1n) is 7.45. The third-order valence-corrected chi connectivity index (χ3v) is 3.90. The van der Waals surface area contributed by atoms with E-state index in [0.717, 1.165) is 0 Å². The standard InChI is InChI=1S/C18H17NO4/c20-12-22-10-9-19-18(21)23-11-17-15-7-3-1-5-13(15)14-6-2-4-8-16(14)17/h1-8,12,17H,9-11H2,(H,19,21). The van der Waals surface area contributed by atoms with E-state index in [1.165, 1.54) is 22.3 Å². The van der Waals surface area contributed by atoms with Gasteiger partial charge in [-0.05, 0) is 22.3 Å². The Morgan fingerprint density at radius 3 is 2.26 bits per heavy atom. The summed E-state index contributed by atoms with van der Waals surface area (Å²) in [5.41, 5.74) is 4.73. The van der Waals surface area contributed by atoms with Crippen LogP contribution < -0.4 is 5.32 Å². The van der Waals surface area contributed by atoms with Gasteiger partial charge in [0.15, 0.2) is 0 Å². The Kier molecular flexibility index (Phi) is 4.57. The summed E-state index contributed by atoms with van der Waals surface area (Å²) >= 11 is 0. The number of alkyl carbamates (subject to hydrolysis) is 1. The van der Waals surface area contributed by atoms with Crippen molar-refractivity contribution >= 4 is 12.6 Å². The number of amides is 1. The van der Waals surface area contributed by atoms with E-state index in [4.69, 9.17) is 4.74 Å². The van der Waals surface area contributed by atoms with E-state index >= 15 is 0 Å². The number of fused-ring (bicyclic) bond motifs is 3. The predicted octanol–water partition coefficient (Wildman–Crippen LogP) is 2.70. The fourth-order valence-electron chi connectivity index (χ4n) is 2.91. The number of benzene rings is 2. The highest BCUT2D eigenvalue weighted by molar-refractivity contribution is 5.79. The van der Waals surface area contributed by atoms with Gasteiger partial charge in [0.1, 0.15) is 13.2 Å². The van der Waals surface area contributed by atoms with Crippen molar-refractivity contribution in [3.63, 3.8) is 0 Å². The summed E-state index contributed by atoms with van der Waals surface area (Å²) in [5, 5.41) is 2.54. The minimum atomic E-state index is -0.513. The maximum absolute atomic E-state index is 11.7. The molecule has 5 nitrogen and oxygen atoms in total. The molecule has 118 valence electrons. The van der Waals surface area contributed by atoms with Crippen molar-refractivity contribution in [2.75, 3.05) is 19.8 Å². The van der Waals surface area contributed by atoms with Crippen LogP contribution in [0, 0.1) is 0 Å². The summed E-state index contributed by atoms with van der Waals surface area (Å²) < 4.78 is 9.83. The van der Waals surface area contributed by atoms with E-state index in [0.29, 0.717) is 6.47 Å². The summed E-state index contributed by atoms with van der Waals surface area (Å²) in [6.07, 6.45) is -0.513. The topological polar surface area (TPSA) is 64.6 Å². The Morgan fingerprint density at radius 2 is 1.65 bits per heavy atom. The lowest BCUT2D eigenvalue weighted by Gasteiger charge is -2.14. The van der Waals surface area contributed by atoms with Gasteiger partial charge in [-0.1, -0.05) is 48.5 Å². The van der Waals surface area contributed by atoms with Crippen LogP contribution in [0.25, 0.3) is 11.1 Å². The second-order valence-electron chi connectivity index (χ2n) is 5.22. The van der Waals surface area contributed by atoms with Crippen LogP contribution in [-0.4, -0.2) is 32.3 Å².